The lowest BCUT2D eigenvalue weighted by Crippen LogP contribution is -2.26. The van der Waals surface area contributed by atoms with Gasteiger partial charge in [-0.2, -0.15) is 0 Å². The summed E-state index contributed by atoms with van der Waals surface area (Å²) < 4.78 is 11.0. The van der Waals surface area contributed by atoms with Gasteiger partial charge in [0.2, 0.25) is 0 Å². The first-order chi connectivity index (χ1) is 11.5. The summed E-state index contributed by atoms with van der Waals surface area (Å²) in [6.45, 7) is 2.95. The molecule has 0 atom stereocenters. The first-order valence-corrected chi connectivity index (χ1v) is 7.13. The van der Waals surface area contributed by atoms with Crippen LogP contribution in [0.25, 0.3) is 0 Å². The number of nitrogens with zero attached hydrogens (tertiary/aromatic N) is 1. The van der Waals surface area contributed by atoms with Crippen molar-refractivity contribution in [3.8, 4) is 11.5 Å². The molecule has 0 unspecified atom stereocenters. The number of carboxylic acids is 2. The second-order valence-corrected chi connectivity index (χ2v) is 4.65. The van der Waals surface area contributed by atoms with E-state index >= 15 is 0 Å². The largest absolute Gasteiger partial charge is 0.486 e. The van der Waals surface area contributed by atoms with Gasteiger partial charge in [0.05, 0.1) is 6.54 Å². The molecule has 3 rings (SSSR count). The van der Waals surface area contributed by atoms with Crippen LogP contribution in [0, 0.1) is 0 Å². The predicted octanol–water partition coefficient (Wildman–Crippen LogP) is 0.541. The van der Waals surface area contributed by atoms with Crippen molar-refractivity contribution < 1.29 is 29.3 Å². The highest BCUT2D eigenvalue weighted by Gasteiger charge is 2.12. The number of nitrogens with one attached hydrogen (secondary N) is 2. The number of rotatable bonds is 3. The number of carboxylic acid groups (broad SMARTS) is 2. The number of fused-ring (bicyclic) bond motifs is 1. The van der Waals surface area contributed by atoms with E-state index < -0.39 is 11.9 Å². The molecule has 0 radical (unpaired) electrons. The minimum Gasteiger partial charge on any atom is -0.486 e. The summed E-state index contributed by atoms with van der Waals surface area (Å²) in [5.41, 5.74) is 0.956. The summed E-state index contributed by atoms with van der Waals surface area (Å²) in [7, 11) is 0. The van der Waals surface area contributed by atoms with Crippen LogP contribution in [0.2, 0.25) is 0 Å². The standard InChI is InChI=1S/C11H13N3O2.C4H4O4/c1-2-9-10(16-6-5-15-9)7-8(1)14-11-12-3-4-13-11;5-3(6)1-2-4(7)8/h1-2,7H,3-6H2,(H2,12,13,14);1-2H,(H,5,6)(H,7,8)/b;2-1-. The monoisotopic (exact) mass is 335 g/mol. The number of hydrogen-bond donors (Lipinski definition) is 4. The minimum absolute atomic E-state index is 0.558. The Bertz CT molecular complexity index is 655. The molecule has 2 aliphatic rings. The number of hydrogen-bond acceptors (Lipinski definition) is 7. The van der Waals surface area contributed by atoms with Gasteiger partial charge in [0.25, 0.3) is 0 Å². The van der Waals surface area contributed by atoms with E-state index in [0.29, 0.717) is 25.4 Å². The lowest BCUT2D eigenvalue weighted by molar-refractivity contribution is -0.134. The lowest BCUT2D eigenvalue weighted by atomic mass is 10.2. The van der Waals surface area contributed by atoms with Crippen LogP contribution in [-0.2, 0) is 9.59 Å². The van der Waals surface area contributed by atoms with Crippen molar-refractivity contribution in [3.63, 3.8) is 0 Å². The van der Waals surface area contributed by atoms with Crippen LogP contribution in [0.4, 0.5) is 5.69 Å². The molecule has 0 spiro atoms. The minimum atomic E-state index is -1.26. The molecule has 4 N–H and O–H groups in total. The molecule has 2 heterocycles. The van der Waals surface area contributed by atoms with E-state index in [9.17, 15) is 9.59 Å². The highest BCUT2D eigenvalue weighted by molar-refractivity contribution is 5.94. The topological polar surface area (TPSA) is 129 Å². The number of ether oxygens (including phenoxy) is 2. The van der Waals surface area contributed by atoms with Crippen molar-refractivity contribution in [2.45, 2.75) is 0 Å². The molecule has 0 fully saturated rings. The Labute approximate surface area is 137 Å². The Hall–Kier alpha value is -3.23. The number of benzene rings is 1. The summed E-state index contributed by atoms with van der Waals surface area (Å²) in [5, 5.41) is 22.0. The molecule has 2 aliphatic heterocycles. The second-order valence-electron chi connectivity index (χ2n) is 4.65. The van der Waals surface area contributed by atoms with Gasteiger partial charge in [0, 0.05) is 30.5 Å². The van der Waals surface area contributed by atoms with Crippen LogP contribution < -0.4 is 20.1 Å². The highest BCUT2D eigenvalue weighted by Crippen LogP contribution is 2.32. The molecule has 128 valence electrons. The van der Waals surface area contributed by atoms with E-state index in [0.717, 1.165) is 36.2 Å². The summed E-state index contributed by atoms with van der Waals surface area (Å²) in [5.74, 6) is -0.107. The molecule has 1 aromatic rings. The van der Waals surface area contributed by atoms with Gasteiger partial charge in [0.1, 0.15) is 13.2 Å². The Balaban J connectivity index is 0.000000224. The Morgan fingerprint density at radius 3 is 2.38 bits per heavy atom. The molecule has 24 heavy (non-hydrogen) atoms. The van der Waals surface area contributed by atoms with Gasteiger partial charge >= 0.3 is 11.9 Å². The molecule has 0 saturated carbocycles. The molecule has 0 aromatic heterocycles. The van der Waals surface area contributed by atoms with Crippen LogP contribution in [-0.4, -0.2) is 54.4 Å². The van der Waals surface area contributed by atoms with Crippen molar-refractivity contribution in [2.24, 2.45) is 4.99 Å². The van der Waals surface area contributed by atoms with E-state index in [1.807, 2.05) is 18.2 Å². The number of carbonyl (C=O) groups is 2. The fraction of sp³-hybridized carbons (Fsp3) is 0.267. The molecular formula is C15H17N3O6. The van der Waals surface area contributed by atoms with Crippen molar-refractivity contribution >= 4 is 23.6 Å². The van der Waals surface area contributed by atoms with Gasteiger partial charge in [-0.3, -0.25) is 4.99 Å². The maximum absolute atomic E-state index is 9.55. The average molecular weight is 335 g/mol. The van der Waals surface area contributed by atoms with Gasteiger partial charge in [-0.15, -0.1) is 0 Å². The van der Waals surface area contributed by atoms with E-state index in [1.54, 1.807) is 0 Å². The smallest absolute Gasteiger partial charge is 0.328 e. The Morgan fingerprint density at radius 1 is 1.12 bits per heavy atom. The van der Waals surface area contributed by atoms with E-state index in [4.69, 9.17) is 19.7 Å². The van der Waals surface area contributed by atoms with E-state index in [1.165, 1.54) is 0 Å². The molecule has 0 bridgehead atoms. The first-order valence-electron chi connectivity index (χ1n) is 7.13. The van der Waals surface area contributed by atoms with Crippen molar-refractivity contribution in [1.29, 1.82) is 0 Å². The summed E-state index contributed by atoms with van der Waals surface area (Å²) in [6.07, 6.45) is 1.12. The van der Waals surface area contributed by atoms with Crippen LogP contribution in [0.3, 0.4) is 0 Å². The number of anilines is 1. The van der Waals surface area contributed by atoms with Gasteiger partial charge in [-0.25, -0.2) is 9.59 Å². The van der Waals surface area contributed by atoms with Crippen LogP contribution in [0.5, 0.6) is 11.5 Å². The zero-order valence-electron chi connectivity index (χ0n) is 12.7. The maximum Gasteiger partial charge on any atom is 0.328 e. The summed E-state index contributed by atoms with van der Waals surface area (Å²) in [4.78, 5) is 23.4. The third kappa shape index (κ3) is 5.52. The Morgan fingerprint density at radius 2 is 1.79 bits per heavy atom. The normalized spacial score (nSPS) is 14.9. The molecular weight excluding hydrogens is 318 g/mol. The maximum atomic E-state index is 9.55. The number of aliphatic imine (C=N–C) groups is 1. The molecule has 0 amide bonds. The third-order valence-corrected chi connectivity index (χ3v) is 2.85. The zero-order chi connectivity index (χ0) is 17.4. The molecule has 9 nitrogen and oxygen atoms in total. The van der Waals surface area contributed by atoms with Crippen LogP contribution in [0.1, 0.15) is 0 Å². The van der Waals surface area contributed by atoms with E-state index in [2.05, 4.69) is 15.6 Å². The summed E-state index contributed by atoms with van der Waals surface area (Å²) in [6, 6.07) is 5.79. The van der Waals surface area contributed by atoms with Gasteiger partial charge in [-0.1, -0.05) is 0 Å². The van der Waals surface area contributed by atoms with Crippen LogP contribution in [0.15, 0.2) is 35.3 Å². The van der Waals surface area contributed by atoms with Crippen molar-refractivity contribution in [1.82, 2.24) is 5.32 Å². The highest BCUT2D eigenvalue weighted by atomic mass is 16.6. The first kappa shape index (κ1) is 17.1. The molecule has 1 aromatic carbocycles. The second kappa shape index (κ2) is 8.42. The zero-order valence-corrected chi connectivity index (χ0v) is 12.7. The van der Waals surface area contributed by atoms with Crippen molar-refractivity contribution in [2.75, 3.05) is 31.6 Å². The van der Waals surface area contributed by atoms with Crippen molar-refractivity contribution in [3.05, 3.63) is 30.4 Å². The predicted molar refractivity (Wildman–Crippen MR) is 85.8 cm³/mol. The lowest BCUT2D eigenvalue weighted by Gasteiger charge is -2.19. The fourth-order valence-electron chi connectivity index (χ4n) is 1.88. The Kier molecular flexibility index (Phi) is 6.01. The molecule has 0 aliphatic carbocycles. The fourth-order valence-corrected chi connectivity index (χ4v) is 1.88. The molecule has 9 heteroatoms. The molecule has 0 saturated heterocycles. The number of aliphatic carboxylic acids is 2. The van der Waals surface area contributed by atoms with Crippen LogP contribution >= 0.6 is 0 Å². The SMILES string of the molecule is O=C(O)/C=C\C(=O)O.c1cc2c(cc1NC1=NCCN1)OCCO2. The average Bonchev–Trinajstić information content (AvgIpc) is 3.06. The quantitative estimate of drug-likeness (QED) is 0.589. The summed E-state index contributed by atoms with van der Waals surface area (Å²) >= 11 is 0. The third-order valence-electron chi connectivity index (χ3n) is 2.85. The van der Waals surface area contributed by atoms with Gasteiger partial charge in [-0.05, 0) is 12.1 Å². The number of guanidine groups is 1. The van der Waals surface area contributed by atoms with E-state index in [-0.39, 0.29) is 0 Å². The van der Waals surface area contributed by atoms with Gasteiger partial charge in [0.15, 0.2) is 17.5 Å². The van der Waals surface area contributed by atoms with Gasteiger partial charge < -0.3 is 30.3 Å².